The molecule has 0 amide bonds. The minimum Gasteiger partial charge on any atom is -0.361 e. The van der Waals surface area contributed by atoms with E-state index in [0.29, 0.717) is 12.1 Å². The topological polar surface area (TPSA) is 48.8 Å². The zero-order valence-corrected chi connectivity index (χ0v) is 6.44. The van der Waals surface area contributed by atoms with Crippen molar-refractivity contribution in [1.82, 2.24) is 0 Å². The van der Waals surface area contributed by atoms with E-state index in [-0.39, 0.29) is 0 Å². The minimum absolute atomic E-state index is 0.605. The lowest BCUT2D eigenvalue weighted by molar-refractivity contribution is -0.00341. The molecule has 0 atom stereocenters. The van der Waals surface area contributed by atoms with Gasteiger partial charge in [0.1, 0.15) is 6.21 Å². The number of nitrogens with zero attached hydrogens (tertiary/aromatic N) is 3. The van der Waals surface area contributed by atoms with Gasteiger partial charge in [0.15, 0.2) is 0 Å². The van der Waals surface area contributed by atoms with Gasteiger partial charge in [0, 0.05) is 0 Å². The van der Waals surface area contributed by atoms with Gasteiger partial charge >= 0.3 is 5.71 Å². The maximum Gasteiger partial charge on any atom is 0.314 e. The molecule has 1 heterocycles. The zero-order chi connectivity index (χ0) is 8.39. The molecule has 58 valence electrons. The number of aliphatic imine (C=N–C) groups is 1. The van der Waals surface area contributed by atoms with Crippen LogP contribution >= 0.6 is 0 Å². The van der Waals surface area contributed by atoms with E-state index in [1.807, 2.05) is 24.3 Å². The summed E-state index contributed by atoms with van der Waals surface area (Å²) in [5, 5.41) is 0. The molecule has 0 saturated heterocycles. The molecule has 3 heteroatoms. The van der Waals surface area contributed by atoms with Crippen molar-refractivity contribution in [1.29, 1.82) is 0 Å². The molecule has 0 aromatic heterocycles. The Labute approximate surface area is 70.0 Å². The van der Waals surface area contributed by atoms with E-state index in [4.69, 9.17) is 5.53 Å². The van der Waals surface area contributed by atoms with Gasteiger partial charge in [0.05, 0.1) is 12.1 Å². The van der Waals surface area contributed by atoms with E-state index in [9.17, 15) is 0 Å². The Morgan fingerprint density at radius 1 is 1.33 bits per heavy atom. The first-order valence-electron chi connectivity index (χ1n) is 3.73. The van der Waals surface area contributed by atoms with Gasteiger partial charge in [0.2, 0.25) is 0 Å². The van der Waals surface area contributed by atoms with Crippen molar-refractivity contribution in [2.45, 2.75) is 6.42 Å². The lowest BCUT2D eigenvalue weighted by Crippen LogP contribution is -2.09. The highest BCUT2D eigenvalue weighted by atomic mass is 14.9. The summed E-state index contributed by atoms with van der Waals surface area (Å²) in [6, 6.07) is 7.82. The Morgan fingerprint density at radius 2 is 2.17 bits per heavy atom. The number of rotatable bonds is 0. The van der Waals surface area contributed by atoms with Crippen molar-refractivity contribution in [2.24, 2.45) is 4.99 Å². The van der Waals surface area contributed by atoms with Gasteiger partial charge in [-0.3, -0.25) is 0 Å². The third-order valence-electron chi connectivity index (χ3n) is 1.84. The Balaban J connectivity index is 2.52. The maximum absolute atomic E-state index is 8.51. The number of benzene rings is 1. The van der Waals surface area contributed by atoms with Crippen LogP contribution in [-0.4, -0.2) is 16.7 Å². The van der Waals surface area contributed by atoms with Crippen LogP contribution in [0.5, 0.6) is 0 Å². The number of hydrogen-bond acceptors (Lipinski definition) is 1. The number of para-hydroxylation sites is 1. The normalized spacial score (nSPS) is 13.8. The van der Waals surface area contributed by atoms with Crippen LogP contribution in [0.3, 0.4) is 0 Å². The molecular weight excluding hydrogens is 150 g/mol. The molecular formula is C9H7N3. The molecule has 3 nitrogen and oxygen atoms in total. The first kappa shape index (κ1) is 6.95. The summed E-state index contributed by atoms with van der Waals surface area (Å²) in [4.78, 5) is 7.24. The van der Waals surface area contributed by atoms with E-state index in [1.165, 1.54) is 0 Å². The quantitative estimate of drug-likeness (QED) is 0.406. The smallest absolute Gasteiger partial charge is 0.314 e. The molecule has 2 rings (SSSR count). The monoisotopic (exact) mass is 157 g/mol. The van der Waals surface area contributed by atoms with Crippen molar-refractivity contribution < 1.29 is 4.79 Å². The van der Waals surface area contributed by atoms with Crippen LogP contribution in [0.25, 0.3) is 5.53 Å². The summed E-state index contributed by atoms with van der Waals surface area (Å²) in [5.41, 5.74) is 11.2. The average Bonchev–Trinajstić information content (AvgIpc) is 2.17. The van der Waals surface area contributed by atoms with Crippen LogP contribution < -0.4 is 0 Å². The second kappa shape index (κ2) is 2.72. The Kier molecular flexibility index (Phi) is 1.57. The second-order valence-corrected chi connectivity index (χ2v) is 2.66. The molecule has 0 unspecified atom stereocenters. The van der Waals surface area contributed by atoms with Crippen molar-refractivity contribution >= 4 is 17.6 Å². The molecule has 1 aliphatic rings. The lowest BCUT2D eigenvalue weighted by atomic mass is 10.0. The summed E-state index contributed by atoms with van der Waals surface area (Å²) in [7, 11) is 0. The fourth-order valence-corrected chi connectivity index (χ4v) is 1.23. The van der Waals surface area contributed by atoms with Gasteiger partial charge < -0.3 is 5.53 Å². The van der Waals surface area contributed by atoms with Gasteiger partial charge in [-0.1, -0.05) is 18.2 Å². The highest BCUT2D eigenvalue weighted by molar-refractivity contribution is 6.30. The van der Waals surface area contributed by atoms with Crippen molar-refractivity contribution in [3.8, 4) is 0 Å². The minimum atomic E-state index is 0.605. The Morgan fingerprint density at radius 3 is 3.00 bits per heavy atom. The fraction of sp³-hybridized carbons (Fsp3) is 0.111. The highest BCUT2D eigenvalue weighted by Crippen LogP contribution is 2.21. The molecule has 1 aliphatic heterocycles. The van der Waals surface area contributed by atoms with E-state index in [1.54, 1.807) is 6.21 Å². The van der Waals surface area contributed by atoms with Crippen LogP contribution in [0.15, 0.2) is 29.3 Å². The molecule has 0 saturated carbocycles. The number of fused-ring (bicyclic) bond motifs is 1. The van der Waals surface area contributed by atoms with Gasteiger partial charge in [-0.2, -0.15) is 4.79 Å². The molecule has 0 fully saturated rings. The van der Waals surface area contributed by atoms with E-state index < -0.39 is 0 Å². The molecule has 1 aromatic rings. The van der Waals surface area contributed by atoms with E-state index >= 15 is 0 Å². The molecule has 1 aromatic carbocycles. The predicted octanol–water partition coefficient (Wildman–Crippen LogP) is 1.62. The summed E-state index contributed by atoms with van der Waals surface area (Å²) in [6.07, 6.45) is 2.25. The highest BCUT2D eigenvalue weighted by Gasteiger charge is 2.13. The van der Waals surface area contributed by atoms with E-state index in [0.717, 1.165) is 11.3 Å². The number of hydrogen-bond donors (Lipinski definition) is 0. The first-order valence-corrected chi connectivity index (χ1v) is 3.73. The standard InChI is InChI=1S/C9H7N3/c10-12-8-5-7-3-1-2-4-9(7)11-6-8/h1-4,6H,5H2. The van der Waals surface area contributed by atoms with Crippen LogP contribution in [-0.2, 0) is 6.42 Å². The lowest BCUT2D eigenvalue weighted by Gasteiger charge is -2.04. The van der Waals surface area contributed by atoms with Crippen LogP contribution in [0.2, 0.25) is 0 Å². The molecule has 0 N–H and O–H groups in total. The van der Waals surface area contributed by atoms with Gasteiger partial charge in [0.25, 0.3) is 0 Å². The summed E-state index contributed by atoms with van der Waals surface area (Å²) >= 11 is 0. The Bertz CT molecular complexity index is 387. The van der Waals surface area contributed by atoms with Gasteiger partial charge in [-0.15, -0.1) is 0 Å². The average molecular weight is 157 g/mol. The van der Waals surface area contributed by atoms with E-state index in [2.05, 4.69) is 9.78 Å². The predicted molar refractivity (Wildman–Crippen MR) is 46.9 cm³/mol. The SMILES string of the molecule is [N-]=[N+]=C1C=Nc2ccccc2C1. The first-order chi connectivity index (χ1) is 5.90. The summed E-state index contributed by atoms with van der Waals surface area (Å²) in [5.74, 6) is 0. The Hall–Kier alpha value is -1.73. The zero-order valence-electron chi connectivity index (χ0n) is 6.44. The molecule has 0 bridgehead atoms. The van der Waals surface area contributed by atoms with Crippen molar-refractivity contribution in [3.63, 3.8) is 0 Å². The summed E-state index contributed by atoms with van der Waals surface area (Å²) in [6.45, 7) is 0. The van der Waals surface area contributed by atoms with Crippen LogP contribution in [0.4, 0.5) is 5.69 Å². The van der Waals surface area contributed by atoms with Gasteiger partial charge in [-0.05, 0) is 11.6 Å². The molecule has 0 aliphatic carbocycles. The largest absolute Gasteiger partial charge is 0.361 e. The van der Waals surface area contributed by atoms with Crippen molar-refractivity contribution in [3.05, 3.63) is 35.4 Å². The fourth-order valence-electron chi connectivity index (χ4n) is 1.23. The third-order valence-corrected chi connectivity index (χ3v) is 1.84. The van der Waals surface area contributed by atoms with Crippen molar-refractivity contribution in [2.75, 3.05) is 0 Å². The summed E-state index contributed by atoms with van der Waals surface area (Å²) < 4.78 is 0. The third kappa shape index (κ3) is 1.06. The maximum atomic E-state index is 8.51. The molecule has 12 heavy (non-hydrogen) atoms. The molecule has 0 radical (unpaired) electrons. The van der Waals surface area contributed by atoms with Gasteiger partial charge in [-0.25, -0.2) is 4.99 Å². The van der Waals surface area contributed by atoms with Crippen LogP contribution in [0.1, 0.15) is 5.56 Å². The van der Waals surface area contributed by atoms with Crippen LogP contribution in [0, 0.1) is 0 Å². The second-order valence-electron chi connectivity index (χ2n) is 2.66. The molecule has 0 spiro atoms.